The first-order valence-corrected chi connectivity index (χ1v) is 7.90. The summed E-state index contributed by atoms with van der Waals surface area (Å²) < 4.78 is 0. The molecule has 8 nitrogen and oxygen atoms in total. The molecule has 0 saturated carbocycles. The molecule has 10 heteroatoms. The maximum absolute atomic E-state index is 11.8. The Morgan fingerprint density at radius 3 is 3.29 bits per heavy atom. The second-order valence-electron chi connectivity index (χ2n) is 4.19. The summed E-state index contributed by atoms with van der Waals surface area (Å²) in [6, 6.07) is -0.520. The lowest BCUT2D eigenvalue weighted by Gasteiger charge is -2.46. The number of carbonyl (C=O) groups is 2. The summed E-state index contributed by atoms with van der Waals surface area (Å²) in [5.74, 6) is 0.425. The Morgan fingerprint density at radius 1 is 1.67 bits per heavy atom. The average Bonchev–Trinajstić information content (AvgIpc) is 2.90. The van der Waals surface area contributed by atoms with Crippen LogP contribution in [0.2, 0.25) is 0 Å². The quantitative estimate of drug-likeness (QED) is 0.458. The Hall–Kier alpha value is -2.07. The third-order valence-electron chi connectivity index (χ3n) is 2.82. The van der Waals surface area contributed by atoms with Crippen LogP contribution in [0.4, 0.5) is 5.13 Å². The van der Waals surface area contributed by atoms with E-state index in [1.165, 1.54) is 11.3 Å². The lowest BCUT2D eigenvalue weighted by atomic mass is 10.1. The third kappa shape index (κ3) is 2.85. The molecule has 2 amide bonds. The minimum absolute atomic E-state index is 0.0425. The molecule has 21 heavy (non-hydrogen) atoms. The molecule has 0 spiro atoms. The van der Waals surface area contributed by atoms with Crippen molar-refractivity contribution in [1.82, 2.24) is 15.2 Å². The van der Waals surface area contributed by atoms with Crippen molar-refractivity contribution in [2.75, 3.05) is 11.5 Å². The van der Waals surface area contributed by atoms with Crippen molar-refractivity contribution in [1.29, 1.82) is 0 Å². The molecular formula is C11H11N5O3S2. The summed E-state index contributed by atoms with van der Waals surface area (Å²) in [5, 5.41) is 7.99. The largest absolute Gasteiger partial charge is 0.375 e. The highest BCUT2D eigenvalue weighted by atomic mass is 32.2. The van der Waals surface area contributed by atoms with E-state index in [9.17, 15) is 9.59 Å². The number of anilines is 1. The number of hydrogen-bond acceptors (Lipinski definition) is 8. The number of nitrogen functional groups attached to an aromatic ring is 1. The minimum atomic E-state index is -0.520. The van der Waals surface area contributed by atoms with Gasteiger partial charge in [-0.15, -0.1) is 23.1 Å². The zero-order valence-corrected chi connectivity index (χ0v) is 12.3. The van der Waals surface area contributed by atoms with Crippen molar-refractivity contribution >= 4 is 46.3 Å². The van der Waals surface area contributed by atoms with Gasteiger partial charge in [-0.05, 0) is 0 Å². The number of nitrogens with one attached hydrogen (secondary N) is 1. The van der Waals surface area contributed by atoms with E-state index in [1.54, 1.807) is 28.2 Å². The number of β-lactam (4-membered cyclic amide) rings is 1. The van der Waals surface area contributed by atoms with Crippen LogP contribution in [0.15, 0.2) is 22.8 Å². The number of nitrogens with zero attached hydrogens (tertiary/aromatic N) is 3. The molecule has 1 unspecified atom stereocenters. The van der Waals surface area contributed by atoms with E-state index in [4.69, 9.17) is 10.6 Å². The van der Waals surface area contributed by atoms with E-state index in [0.29, 0.717) is 5.13 Å². The highest BCUT2D eigenvalue weighted by Crippen LogP contribution is 2.33. The predicted octanol–water partition coefficient (Wildman–Crippen LogP) is 0.00350. The monoisotopic (exact) mass is 325 g/mol. The number of fused-ring (bicyclic) bond motifs is 1. The summed E-state index contributed by atoms with van der Waals surface area (Å²) in [6.45, 7) is 0. The molecule has 1 aromatic heterocycles. The molecule has 3 rings (SSSR count). The first-order chi connectivity index (χ1) is 10.1. The van der Waals surface area contributed by atoms with Gasteiger partial charge in [-0.1, -0.05) is 11.2 Å². The summed E-state index contributed by atoms with van der Waals surface area (Å²) in [7, 11) is 0. The first-order valence-electron chi connectivity index (χ1n) is 5.97. The number of hydrogen-bond donors (Lipinski definition) is 2. The number of thioether (sulfide) groups is 1. The Morgan fingerprint density at radius 2 is 2.52 bits per heavy atom. The third-order valence-corrected chi connectivity index (χ3v) is 4.70. The maximum atomic E-state index is 11.8. The van der Waals surface area contributed by atoms with Crippen LogP contribution in [0.25, 0.3) is 0 Å². The van der Waals surface area contributed by atoms with E-state index in [-0.39, 0.29) is 17.2 Å². The molecule has 1 aromatic rings. The van der Waals surface area contributed by atoms with Gasteiger partial charge in [-0.2, -0.15) is 4.98 Å². The Balaban J connectivity index is 1.50. The van der Waals surface area contributed by atoms with Crippen molar-refractivity contribution in [3.8, 4) is 5.88 Å². The van der Waals surface area contributed by atoms with Crippen LogP contribution in [-0.4, -0.2) is 45.1 Å². The van der Waals surface area contributed by atoms with Crippen LogP contribution >= 0.6 is 23.1 Å². The maximum Gasteiger partial charge on any atom is 0.266 e. The molecule has 2 atom stereocenters. The summed E-state index contributed by atoms with van der Waals surface area (Å²) >= 11 is 2.80. The molecule has 0 radical (unpaired) electrons. The smallest absolute Gasteiger partial charge is 0.266 e. The molecule has 0 aromatic carbocycles. The van der Waals surface area contributed by atoms with E-state index >= 15 is 0 Å². The summed E-state index contributed by atoms with van der Waals surface area (Å²) in [6.07, 6.45) is 4.62. The zero-order chi connectivity index (χ0) is 14.8. The number of rotatable bonds is 4. The van der Waals surface area contributed by atoms with Gasteiger partial charge in [0.15, 0.2) is 5.13 Å². The van der Waals surface area contributed by atoms with Gasteiger partial charge in [0.05, 0.1) is 5.38 Å². The summed E-state index contributed by atoms with van der Waals surface area (Å²) in [4.78, 5) is 33.8. The van der Waals surface area contributed by atoms with Gasteiger partial charge in [0.25, 0.3) is 17.7 Å². The minimum Gasteiger partial charge on any atom is -0.375 e. The second-order valence-corrected chi connectivity index (χ2v) is 6.23. The first kappa shape index (κ1) is 13.9. The molecule has 2 aliphatic rings. The van der Waals surface area contributed by atoms with Gasteiger partial charge in [-0.3, -0.25) is 9.59 Å². The fourth-order valence-corrected chi connectivity index (χ4v) is 3.46. The molecule has 3 heterocycles. The van der Waals surface area contributed by atoms with Crippen LogP contribution < -0.4 is 15.9 Å². The van der Waals surface area contributed by atoms with Gasteiger partial charge in [0.2, 0.25) is 0 Å². The molecule has 110 valence electrons. The van der Waals surface area contributed by atoms with Crippen molar-refractivity contribution in [2.45, 2.75) is 11.4 Å². The van der Waals surface area contributed by atoms with E-state index < -0.39 is 11.9 Å². The van der Waals surface area contributed by atoms with Crippen LogP contribution in [0.3, 0.4) is 0 Å². The van der Waals surface area contributed by atoms with Gasteiger partial charge < -0.3 is 20.8 Å². The second kappa shape index (κ2) is 5.74. The van der Waals surface area contributed by atoms with E-state index in [2.05, 4.69) is 15.5 Å². The van der Waals surface area contributed by atoms with Gasteiger partial charge >= 0.3 is 0 Å². The standard InChI is InChI=1S/C11H11N5O3S2/c12-11-15-7(5-21-11)19-13-4-6(17)14-8-9(18)16-2-1-3-20-10(8)16/h1-2,4-5,8,10H,3H2,(H2,12,15)(H,14,17)/t8?,10-/m1/s1. The van der Waals surface area contributed by atoms with Gasteiger partial charge in [0.1, 0.15) is 17.6 Å². The fraction of sp³-hybridized carbons (Fsp3) is 0.273. The molecule has 0 aliphatic carbocycles. The van der Waals surface area contributed by atoms with Crippen molar-refractivity contribution in [3.63, 3.8) is 0 Å². The zero-order valence-electron chi connectivity index (χ0n) is 10.6. The summed E-state index contributed by atoms with van der Waals surface area (Å²) in [5.41, 5.74) is 5.43. The highest BCUT2D eigenvalue weighted by Gasteiger charge is 2.48. The number of thiazole rings is 1. The Kier molecular flexibility index (Phi) is 3.80. The van der Waals surface area contributed by atoms with Crippen molar-refractivity contribution in [2.24, 2.45) is 5.16 Å². The van der Waals surface area contributed by atoms with Crippen LogP contribution in [0.1, 0.15) is 0 Å². The topological polar surface area (TPSA) is 110 Å². The normalized spacial score (nSPS) is 23.8. The van der Waals surface area contributed by atoms with Crippen molar-refractivity contribution < 1.29 is 14.4 Å². The number of amides is 2. The fourth-order valence-electron chi connectivity index (χ4n) is 1.90. The lowest BCUT2D eigenvalue weighted by molar-refractivity contribution is -0.143. The molecule has 1 saturated heterocycles. The van der Waals surface area contributed by atoms with Crippen LogP contribution in [-0.2, 0) is 9.59 Å². The SMILES string of the molecule is Nc1nc(ON=CC(=O)NC2C(=O)N3C=CCS[C@H]23)cs1. The number of oxime groups is 1. The highest BCUT2D eigenvalue weighted by molar-refractivity contribution is 8.00. The molecular weight excluding hydrogens is 314 g/mol. The Bertz CT molecular complexity index is 629. The van der Waals surface area contributed by atoms with E-state index in [1.807, 2.05) is 6.08 Å². The lowest BCUT2D eigenvalue weighted by Crippen LogP contribution is -2.68. The van der Waals surface area contributed by atoms with Gasteiger partial charge in [0, 0.05) is 12.0 Å². The number of carbonyl (C=O) groups excluding carboxylic acids is 2. The van der Waals surface area contributed by atoms with Crippen LogP contribution in [0, 0.1) is 0 Å². The Labute approximate surface area is 128 Å². The van der Waals surface area contributed by atoms with Crippen molar-refractivity contribution in [3.05, 3.63) is 17.7 Å². The predicted molar refractivity (Wildman–Crippen MR) is 79.8 cm³/mol. The molecule has 1 fully saturated rings. The van der Waals surface area contributed by atoms with Crippen LogP contribution in [0.5, 0.6) is 5.88 Å². The average molecular weight is 325 g/mol. The van der Waals surface area contributed by atoms with Gasteiger partial charge in [-0.25, -0.2) is 0 Å². The molecule has 3 N–H and O–H groups in total. The number of nitrogens with two attached hydrogens (primary N) is 1. The number of aromatic nitrogens is 1. The van der Waals surface area contributed by atoms with E-state index in [0.717, 1.165) is 12.0 Å². The molecule has 2 aliphatic heterocycles. The molecule has 0 bridgehead atoms.